The molecular weight excluding hydrogens is 384 g/mol. The lowest BCUT2D eigenvalue weighted by molar-refractivity contribution is 0.256. The predicted octanol–water partition coefficient (Wildman–Crippen LogP) is 1.76. The first-order valence-corrected chi connectivity index (χ1v) is 9.47. The first-order chi connectivity index (χ1) is 13.4. The monoisotopic (exact) mass is 400 g/mol. The summed E-state index contributed by atoms with van der Waals surface area (Å²) in [6.07, 6.45) is 2.99. The number of aromatic nitrogens is 4. The molecule has 144 valence electrons. The number of sulfonamides is 1. The molecule has 0 spiro atoms. The summed E-state index contributed by atoms with van der Waals surface area (Å²) in [5.41, 5.74) is 0.799. The van der Waals surface area contributed by atoms with Crippen molar-refractivity contribution >= 4 is 22.0 Å². The Balaban J connectivity index is 1.85. The minimum Gasteiger partial charge on any atom is -0.481 e. The zero-order chi connectivity index (χ0) is 20.1. The van der Waals surface area contributed by atoms with Crippen LogP contribution in [0.1, 0.15) is 5.69 Å². The van der Waals surface area contributed by atoms with Gasteiger partial charge in [-0.1, -0.05) is 12.1 Å². The normalized spacial score (nSPS) is 10.9. The first kappa shape index (κ1) is 19.2. The van der Waals surface area contributed by atoms with Gasteiger partial charge >= 0.3 is 6.03 Å². The summed E-state index contributed by atoms with van der Waals surface area (Å²) in [6.45, 7) is 1.68. The molecule has 0 aliphatic carbocycles. The minimum absolute atomic E-state index is 0.0933. The number of urea groups is 1. The number of methoxy groups -OCH3 is 1. The number of nitrogens with zero attached hydrogens (tertiary/aromatic N) is 4. The summed E-state index contributed by atoms with van der Waals surface area (Å²) >= 11 is 0. The van der Waals surface area contributed by atoms with E-state index in [0.717, 1.165) is 0 Å². The molecule has 0 fully saturated rings. The highest BCUT2D eigenvalue weighted by Gasteiger charge is 2.23. The van der Waals surface area contributed by atoms with Gasteiger partial charge in [0.1, 0.15) is 0 Å². The smallest absolute Gasteiger partial charge is 0.335 e. The van der Waals surface area contributed by atoms with E-state index in [0.29, 0.717) is 5.69 Å². The van der Waals surface area contributed by atoms with E-state index >= 15 is 0 Å². The van der Waals surface area contributed by atoms with Gasteiger partial charge in [0, 0.05) is 29.7 Å². The standard InChI is InChI=1S/C17H16N6O4S/c1-11-10-14(27-2)21-16(20-11)22-17(24)23-28(25,26)13-7-4-3-6-12(13)15-18-8-5-9-19-15/h3-10H,1-2H3,(H2,20,21,22,23,24). The number of hydrogen-bond donors (Lipinski definition) is 2. The van der Waals surface area contributed by atoms with Crippen LogP contribution in [0, 0.1) is 6.92 Å². The van der Waals surface area contributed by atoms with Crippen molar-refractivity contribution in [2.45, 2.75) is 11.8 Å². The molecule has 0 unspecified atom stereocenters. The van der Waals surface area contributed by atoms with Gasteiger partial charge in [-0.3, -0.25) is 5.32 Å². The number of nitrogens with one attached hydrogen (secondary N) is 2. The molecule has 3 rings (SSSR count). The number of carbonyl (C=O) groups excluding carboxylic acids is 1. The second-order valence-electron chi connectivity index (χ2n) is 5.50. The van der Waals surface area contributed by atoms with Gasteiger partial charge < -0.3 is 4.74 Å². The maximum absolute atomic E-state index is 12.7. The van der Waals surface area contributed by atoms with Crippen LogP contribution < -0.4 is 14.8 Å². The van der Waals surface area contributed by atoms with Crippen LogP contribution in [0.15, 0.2) is 53.7 Å². The summed E-state index contributed by atoms with van der Waals surface area (Å²) in [7, 11) is -2.80. The Labute approximate surface area is 161 Å². The molecule has 3 aromatic rings. The highest BCUT2D eigenvalue weighted by atomic mass is 32.2. The minimum atomic E-state index is -4.21. The van der Waals surface area contributed by atoms with Crippen LogP contribution >= 0.6 is 0 Å². The molecule has 2 amide bonds. The van der Waals surface area contributed by atoms with E-state index in [1.807, 2.05) is 4.72 Å². The highest BCUT2D eigenvalue weighted by molar-refractivity contribution is 7.90. The third-order valence-corrected chi connectivity index (χ3v) is 4.86. The maximum Gasteiger partial charge on any atom is 0.335 e. The van der Waals surface area contributed by atoms with Gasteiger partial charge in [0.2, 0.25) is 11.8 Å². The molecule has 0 bridgehead atoms. The summed E-state index contributed by atoms with van der Waals surface area (Å²) in [5.74, 6) is 0.358. The first-order valence-electron chi connectivity index (χ1n) is 7.99. The highest BCUT2D eigenvalue weighted by Crippen LogP contribution is 2.23. The molecule has 0 aliphatic rings. The third kappa shape index (κ3) is 4.38. The quantitative estimate of drug-likeness (QED) is 0.661. The lowest BCUT2D eigenvalue weighted by Crippen LogP contribution is -2.35. The molecule has 0 saturated carbocycles. The number of aryl methyl sites for hydroxylation is 1. The third-order valence-electron chi connectivity index (χ3n) is 3.48. The van der Waals surface area contributed by atoms with E-state index in [1.165, 1.54) is 31.6 Å². The summed E-state index contributed by atoms with van der Waals surface area (Å²) < 4.78 is 32.4. The van der Waals surface area contributed by atoms with Gasteiger partial charge in [-0.2, -0.15) is 4.98 Å². The Bertz CT molecular complexity index is 1110. The predicted molar refractivity (Wildman–Crippen MR) is 100 cm³/mol. The van der Waals surface area contributed by atoms with Crippen LogP contribution in [0.5, 0.6) is 5.88 Å². The van der Waals surface area contributed by atoms with Crippen molar-refractivity contribution in [2.75, 3.05) is 12.4 Å². The van der Waals surface area contributed by atoms with E-state index in [9.17, 15) is 13.2 Å². The number of amides is 2. The molecule has 2 heterocycles. The zero-order valence-electron chi connectivity index (χ0n) is 14.9. The van der Waals surface area contributed by atoms with Gasteiger partial charge in [0.15, 0.2) is 5.82 Å². The Morgan fingerprint density at radius 2 is 1.79 bits per heavy atom. The van der Waals surface area contributed by atoms with E-state index in [1.54, 1.807) is 31.2 Å². The molecule has 28 heavy (non-hydrogen) atoms. The van der Waals surface area contributed by atoms with Crippen molar-refractivity contribution in [2.24, 2.45) is 0 Å². The van der Waals surface area contributed by atoms with Gasteiger partial charge in [0.25, 0.3) is 10.0 Å². The largest absolute Gasteiger partial charge is 0.481 e. The number of anilines is 1. The number of ether oxygens (including phenoxy) is 1. The van der Waals surface area contributed by atoms with Crippen LogP contribution in [-0.4, -0.2) is 41.5 Å². The maximum atomic E-state index is 12.7. The molecule has 2 aromatic heterocycles. The van der Waals surface area contributed by atoms with Gasteiger partial charge in [0.05, 0.1) is 12.0 Å². The fourth-order valence-corrected chi connectivity index (χ4v) is 3.44. The van der Waals surface area contributed by atoms with Gasteiger partial charge in [-0.05, 0) is 25.1 Å². The Morgan fingerprint density at radius 1 is 1.07 bits per heavy atom. The molecule has 1 aromatic carbocycles. The molecule has 0 aliphatic heterocycles. The van der Waals surface area contributed by atoms with Crippen LogP contribution in [0.3, 0.4) is 0 Å². The number of hydrogen-bond acceptors (Lipinski definition) is 8. The van der Waals surface area contributed by atoms with Crippen molar-refractivity contribution in [1.29, 1.82) is 0 Å². The SMILES string of the molecule is COc1cc(C)nc(NC(=O)NS(=O)(=O)c2ccccc2-c2ncccn2)n1. The topological polar surface area (TPSA) is 136 Å². The van der Waals surface area contributed by atoms with Gasteiger partial charge in [-0.15, -0.1) is 0 Å². The van der Waals surface area contributed by atoms with E-state index in [-0.39, 0.29) is 28.1 Å². The Hall–Kier alpha value is -3.60. The van der Waals surface area contributed by atoms with Crippen molar-refractivity contribution < 1.29 is 17.9 Å². The fraction of sp³-hybridized carbons (Fsp3) is 0.118. The molecular formula is C17H16N6O4S. The molecule has 0 atom stereocenters. The van der Waals surface area contributed by atoms with Crippen LogP contribution in [0.25, 0.3) is 11.4 Å². The number of carbonyl (C=O) groups is 1. The van der Waals surface area contributed by atoms with Crippen LogP contribution in [0.4, 0.5) is 10.7 Å². The van der Waals surface area contributed by atoms with Crippen molar-refractivity contribution in [3.05, 3.63) is 54.5 Å². The van der Waals surface area contributed by atoms with E-state index in [4.69, 9.17) is 4.74 Å². The van der Waals surface area contributed by atoms with Crippen molar-refractivity contribution in [3.63, 3.8) is 0 Å². The Morgan fingerprint density at radius 3 is 2.50 bits per heavy atom. The number of benzene rings is 1. The van der Waals surface area contributed by atoms with Gasteiger partial charge in [-0.25, -0.2) is 32.9 Å². The van der Waals surface area contributed by atoms with E-state index < -0.39 is 16.1 Å². The molecule has 10 nitrogen and oxygen atoms in total. The average Bonchev–Trinajstić information content (AvgIpc) is 2.67. The molecule has 0 radical (unpaired) electrons. The Kier molecular flexibility index (Phi) is 5.45. The second kappa shape index (κ2) is 7.96. The van der Waals surface area contributed by atoms with E-state index in [2.05, 4.69) is 25.3 Å². The van der Waals surface area contributed by atoms with Crippen molar-refractivity contribution in [1.82, 2.24) is 24.7 Å². The summed E-state index contributed by atoms with van der Waals surface area (Å²) in [6, 6.07) is 8.25. The zero-order valence-corrected chi connectivity index (χ0v) is 15.8. The molecule has 0 saturated heterocycles. The lowest BCUT2D eigenvalue weighted by atomic mass is 10.2. The summed E-state index contributed by atoms with van der Waals surface area (Å²) in [4.78, 5) is 28.1. The van der Waals surface area contributed by atoms with Crippen LogP contribution in [0.2, 0.25) is 0 Å². The lowest BCUT2D eigenvalue weighted by Gasteiger charge is -2.11. The second-order valence-corrected chi connectivity index (χ2v) is 7.15. The average molecular weight is 400 g/mol. The fourth-order valence-electron chi connectivity index (χ4n) is 2.33. The molecule has 2 N–H and O–H groups in total. The summed E-state index contributed by atoms with van der Waals surface area (Å²) in [5, 5.41) is 2.28. The van der Waals surface area contributed by atoms with Crippen molar-refractivity contribution in [3.8, 4) is 17.3 Å². The van der Waals surface area contributed by atoms with Crippen LogP contribution in [-0.2, 0) is 10.0 Å². The molecule has 11 heteroatoms. The number of rotatable bonds is 5.